The fraction of sp³-hybridized carbons (Fsp3) is 0.273. The van der Waals surface area contributed by atoms with Gasteiger partial charge in [-0.2, -0.15) is 0 Å². The molecule has 84 valence electrons. The van der Waals surface area contributed by atoms with E-state index in [1.807, 2.05) is 0 Å². The van der Waals surface area contributed by atoms with Crippen molar-refractivity contribution < 1.29 is 19.4 Å². The number of carbonyl (C=O) groups excluding carboxylic acids is 1. The monoisotopic (exact) mass is 240 g/mol. The molecule has 1 heterocycles. The molecule has 0 aromatic heterocycles. The zero-order chi connectivity index (χ0) is 11.9. The van der Waals surface area contributed by atoms with Gasteiger partial charge < -0.3 is 9.84 Å². The lowest BCUT2D eigenvalue weighted by Gasteiger charge is -2.22. The summed E-state index contributed by atoms with van der Waals surface area (Å²) in [6.45, 7) is 1.77. The number of fused-ring (bicyclic) bond motifs is 1. The largest absolute Gasteiger partial charge is 0.478 e. The summed E-state index contributed by atoms with van der Waals surface area (Å²) in [5.41, 5.74) is 0.911. The number of hydrogen-bond acceptors (Lipinski definition) is 3. The van der Waals surface area contributed by atoms with Crippen LogP contribution in [0.2, 0.25) is 5.02 Å². The highest BCUT2D eigenvalue weighted by atomic mass is 35.5. The van der Waals surface area contributed by atoms with E-state index >= 15 is 0 Å². The topological polar surface area (TPSA) is 63.6 Å². The van der Waals surface area contributed by atoms with Crippen LogP contribution in [0, 0.1) is 0 Å². The van der Waals surface area contributed by atoms with Crippen molar-refractivity contribution in [3.8, 4) is 0 Å². The van der Waals surface area contributed by atoms with Crippen LogP contribution in [0.4, 0.5) is 0 Å². The molecule has 1 aliphatic heterocycles. The molecule has 0 unspecified atom stereocenters. The summed E-state index contributed by atoms with van der Waals surface area (Å²) in [4.78, 5) is 22.3. The third-order valence-corrected chi connectivity index (χ3v) is 2.80. The molecule has 0 fully saturated rings. The second-order valence-electron chi connectivity index (χ2n) is 3.71. The number of cyclic esters (lactones) is 1. The number of rotatable bonds is 1. The summed E-state index contributed by atoms with van der Waals surface area (Å²) in [5, 5.41) is 9.14. The Kier molecular flexibility index (Phi) is 2.59. The van der Waals surface area contributed by atoms with Gasteiger partial charge in [0.25, 0.3) is 0 Å². The molecule has 0 aliphatic carbocycles. The van der Waals surface area contributed by atoms with Crippen LogP contribution < -0.4 is 0 Å². The Morgan fingerprint density at radius 3 is 2.88 bits per heavy atom. The van der Waals surface area contributed by atoms with Crippen molar-refractivity contribution in [3.05, 3.63) is 33.8 Å². The van der Waals surface area contributed by atoms with Crippen LogP contribution in [0.1, 0.15) is 33.2 Å². The van der Waals surface area contributed by atoms with E-state index in [1.165, 1.54) is 12.1 Å². The van der Waals surface area contributed by atoms with Gasteiger partial charge in [0.15, 0.2) is 0 Å². The van der Waals surface area contributed by atoms with Gasteiger partial charge in [-0.15, -0.1) is 0 Å². The number of benzene rings is 1. The Morgan fingerprint density at radius 1 is 1.56 bits per heavy atom. The number of hydrogen-bond donors (Lipinski definition) is 1. The van der Waals surface area contributed by atoms with Crippen molar-refractivity contribution in [1.29, 1.82) is 0 Å². The van der Waals surface area contributed by atoms with Crippen molar-refractivity contribution in [1.82, 2.24) is 0 Å². The van der Waals surface area contributed by atoms with Crippen molar-refractivity contribution in [3.63, 3.8) is 0 Å². The van der Waals surface area contributed by atoms with E-state index in [4.69, 9.17) is 21.4 Å². The van der Waals surface area contributed by atoms with E-state index in [0.717, 1.165) is 0 Å². The van der Waals surface area contributed by atoms with Crippen LogP contribution in [0.5, 0.6) is 0 Å². The molecule has 5 heteroatoms. The maximum atomic E-state index is 11.5. The van der Waals surface area contributed by atoms with E-state index in [1.54, 1.807) is 6.92 Å². The lowest BCUT2D eigenvalue weighted by atomic mass is 9.97. The SMILES string of the molecule is C[C@@H]1Cc2c(Cl)cc(C(=O)O)cc2C(=O)O1. The molecule has 16 heavy (non-hydrogen) atoms. The van der Waals surface area contributed by atoms with E-state index < -0.39 is 11.9 Å². The molecule has 0 bridgehead atoms. The van der Waals surface area contributed by atoms with Crippen LogP contribution in [0.15, 0.2) is 12.1 Å². The minimum absolute atomic E-state index is 0.00440. The Hall–Kier alpha value is -1.55. The molecule has 0 saturated heterocycles. The van der Waals surface area contributed by atoms with Gasteiger partial charge in [-0.05, 0) is 24.6 Å². The highest BCUT2D eigenvalue weighted by Crippen LogP contribution is 2.29. The van der Waals surface area contributed by atoms with Crippen LogP contribution >= 0.6 is 11.6 Å². The standard InChI is InChI=1S/C11H9ClO4/c1-5-2-7-8(11(15)16-5)3-6(10(13)14)4-9(7)12/h3-5H,2H2,1H3,(H,13,14)/t5-/m1/s1. The number of esters is 1. The molecular formula is C11H9ClO4. The molecule has 0 saturated carbocycles. The third-order valence-electron chi connectivity index (χ3n) is 2.46. The number of ether oxygens (including phenoxy) is 1. The second-order valence-corrected chi connectivity index (χ2v) is 4.12. The highest BCUT2D eigenvalue weighted by Gasteiger charge is 2.27. The van der Waals surface area contributed by atoms with Gasteiger partial charge in [0.2, 0.25) is 0 Å². The molecule has 1 aliphatic rings. The van der Waals surface area contributed by atoms with E-state index in [0.29, 0.717) is 17.0 Å². The lowest BCUT2D eigenvalue weighted by Crippen LogP contribution is -2.25. The summed E-state index contributed by atoms with van der Waals surface area (Å²) in [7, 11) is 0. The Morgan fingerprint density at radius 2 is 2.25 bits per heavy atom. The summed E-state index contributed by atoms with van der Waals surface area (Å²) < 4.78 is 5.01. The molecule has 0 spiro atoms. The van der Waals surface area contributed by atoms with Crippen LogP contribution in [0.3, 0.4) is 0 Å². The smallest absolute Gasteiger partial charge is 0.338 e. The first kappa shape index (κ1) is 11.0. The molecular weight excluding hydrogens is 232 g/mol. The maximum Gasteiger partial charge on any atom is 0.338 e. The van der Waals surface area contributed by atoms with Crippen molar-refractivity contribution >= 4 is 23.5 Å². The van der Waals surface area contributed by atoms with E-state index in [2.05, 4.69) is 0 Å². The summed E-state index contributed by atoms with van der Waals surface area (Å²) in [5.74, 6) is -1.63. The maximum absolute atomic E-state index is 11.5. The zero-order valence-electron chi connectivity index (χ0n) is 8.49. The normalized spacial score (nSPS) is 18.9. The highest BCUT2D eigenvalue weighted by molar-refractivity contribution is 6.32. The van der Waals surface area contributed by atoms with Gasteiger partial charge in [0, 0.05) is 11.4 Å². The molecule has 2 rings (SSSR count). The second kappa shape index (κ2) is 3.79. The van der Waals surface area contributed by atoms with Crippen molar-refractivity contribution in [2.24, 2.45) is 0 Å². The molecule has 1 N–H and O–H groups in total. The average Bonchev–Trinajstić information content (AvgIpc) is 2.19. The number of carbonyl (C=O) groups is 2. The Bertz CT molecular complexity index is 481. The fourth-order valence-electron chi connectivity index (χ4n) is 1.72. The molecule has 0 radical (unpaired) electrons. The molecule has 4 nitrogen and oxygen atoms in total. The van der Waals surface area contributed by atoms with Gasteiger partial charge in [0.05, 0.1) is 11.1 Å². The first-order chi connectivity index (χ1) is 7.49. The molecule has 1 aromatic rings. The molecule has 1 aromatic carbocycles. The van der Waals surface area contributed by atoms with Crippen molar-refractivity contribution in [2.45, 2.75) is 19.4 Å². The van der Waals surface area contributed by atoms with Crippen LogP contribution in [0.25, 0.3) is 0 Å². The van der Waals surface area contributed by atoms with E-state index in [9.17, 15) is 9.59 Å². The van der Waals surface area contributed by atoms with Gasteiger partial charge in [0.1, 0.15) is 6.10 Å². The minimum atomic E-state index is -1.11. The third kappa shape index (κ3) is 1.76. The Labute approximate surface area is 96.8 Å². The summed E-state index contributed by atoms with van der Waals surface area (Å²) in [6, 6.07) is 2.66. The van der Waals surface area contributed by atoms with Gasteiger partial charge in [-0.1, -0.05) is 11.6 Å². The summed E-state index contributed by atoms with van der Waals surface area (Å²) in [6.07, 6.45) is 0.285. The number of carboxylic acid groups (broad SMARTS) is 1. The van der Waals surface area contributed by atoms with Crippen LogP contribution in [-0.2, 0) is 11.2 Å². The quantitative estimate of drug-likeness (QED) is 0.764. The van der Waals surface area contributed by atoms with Gasteiger partial charge >= 0.3 is 11.9 Å². The first-order valence-electron chi connectivity index (χ1n) is 4.75. The number of carboxylic acids is 1. The van der Waals surface area contributed by atoms with Crippen molar-refractivity contribution in [2.75, 3.05) is 0 Å². The minimum Gasteiger partial charge on any atom is -0.478 e. The van der Waals surface area contributed by atoms with E-state index in [-0.39, 0.29) is 17.2 Å². The summed E-state index contributed by atoms with van der Waals surface area (Å²) >= 11 is 5.95. The van der Waals surface area contributed by atoms with Gasteiger partial charge in [-0.3, -0.25) is 0 Å². The lowest BCUT2D eigenvalue weighted by molar-refractivity contribution is 0.0301. The number of aromatic carboxylic acids is 1. The molecule has 1 atom stereocenters. The first-order valence-corrected chi connectivity index (χ1v) is 5.13. The van der Waals surface area contributed by atoms with Gasteiger partial charge in [-0.25, -0.2) is 9.59 Å². The Balaban J connectivity index is 2.59. The average molecular weight is 241 g/mol. The predicted octanol–water partition coefficient (Wildman–Crippen LogP) is 2.14. The molecule has 0 amide bonds. The predicted molar refractivity (Wildman–Crippen MR) is 57.0 cm³/mol. The van der Waals surface area contributed by atoms with Crippen LogP contribution in [-0.4, -0.2) is 23.1 Å². The number of halogens is 1. The fourth-order valence-corrected chi connectivity index (χ4v) is 2.02. The zero-order valence-corrected chi connectivity index (χ0v) is 9.25.